The predicted octanol–water partition coefficient (Wildman–Crippen LogP) is -0.273. The summed E-state index contributed by atoms with van der Waals surface area (Å²) in [5.41, 5.74) is 5.34. The molecule has 3 N–H and O–H groups in total. The van der Waals surface area contributed by atoms with Crippen LogP contribution in [0.3, 0.4) is 0 Å². The Morgan fingerprint density at radius 1 is 1.75 bits per heavy atom. The van der Waals surface area contributed by atoms with Crippen molar-refractivity contribution in [3.63, 3.8) is 0 Å². The van der Waals surface area contributed by atoms with Gasteiger partial charge in [-0.25, -0.2) is 9.89 Å². The Hall–Kier alpha value is -1.10. The third-order valence-corrected chi connectivity index (χ3v) is 1.95. The topological polar surface area (TPSA) is 76.7 Å². The van der Waals surface area contributed by atoms with Crippen LogP contribution in [0.5, 0.6) is 0 Å². The van der Waals surface area contributed by atoms with Crippen LogP contribution in [0.15, 0.2) is 11.1 Å². The smallest absolute Gasteiger partial charge is 0.328 e. The molecule has 0 aliphatic heterocycles. The molecule has 0 aliphatic carbocycles. The van der Waals surface area contributed by atoms with Gasteiger partial charge in [0.1, 0.15) is 6.33 Å². The van der Waals surface area contributed by atoms with Crippen molar-refractivity contribution < 1.29 is 0 Å². The Labute approximate surface area is 70.6 Å². The van der Waals surface area contributed by atoms with Gasteiger partial charge in [-0.2, -0.15) is 5.10 Å². The van der Waals surface area contributed by atoms with E-state index in [4.69, 9.17) is 5.73 Å². The summed E-state index contributed by atoms with van der Waals surface area (Å²) >= 11 is 0. The minimum atomic E-state index is -0.195. The van der Waals surface area contributed by atoms with E-state index >= 15 is 0 Å². The van der Waals surface area contributed by atoms with E-state index in [1.165, 1.54) is 10.9 Å². The van der Waals surface area contributed by atoms with Crippen molar-refractivity contribution in [3.05, 3.63) is 16.8 Å². The zero-order valence-corrected chi connectivity index (χ0v) is 7.32. The molecule has 68 valence electrons. The average Bonchev–Trinajstić information content (AvgIpc) is 2.38. The van der Waals surface area contributed by atoms with Crippen molar-refractivity contribution >= 4 is 0 Å². The molecule has 12 heavy (non-hydrogen) atoms. The molecule has 1 rings (SSSR count). The molecule has 1 aromatic heterocycles. The van der Waals surface area contributed by atoms with Crippen LogP contribution in [0.2, 0.25) is 0 Å². The largest absolute Gasteiger partial charge is 0.343 e. The average molecular weight is 170 g/mol. The zero-order valence-electron chi connectivity index (χ0n) is 7.32. The predicted molar refractivity (Wildman–Crippen MR) is 45.8 cm³/mol. The van der Waals surface area contributed by atoms with Crippen LogP contribution < -0.4 is 11.4 Å². The summed E-state index contributed by atoms with van der Waals surface area (Å²) in [5.74, 6) is 0.338. The molecular weight excluding hydrogens is 156 g/mol. The van der Waals surface area contributed by atoms with Gasteiger partial charge in [0.25, 0.3) is 0 Å². The van der Waals surface area contributed by atoms with Gasteiger partial charge >= 0.3 is 5.69 Å². The standard InChI is InChI=1S/C7H14N4O/c1-5(2)6(3-8)11-4-9-10-7(11)12/h4-6H,3,8H2,1-2H3,(H,10,12). The molecule has 0 aromatic carbocycles. The molecule has 5 nitrogen and oxygen atoms in total. The SMILES string of the molecule is CC(C)C(CN)n1cn[nH]c1=O. The van der Waals surface area contributed by atoms with Crippen LogP contribution in [0.1, 0.15) is 19.9 Å². The maximum absolute atomic E-state index is 11.1. The Kier molecular flexibility index (Phi) is 2.65. The van der Waals surface area contributed by atoms with Crippen molar-refractivity contribution in [2.45, 2.75) is 19.9 Å². The van der Waals surface area contributed by atoms with Crippen molar-refractivity contribution in [1.82, 2.24) is 14.8 Å². The van der Waals surface area contributed by atoms with E-state index in [9.17, 15) is 4.79 Å². The second-order valence-electron chi connectivity index (χ2n) is 3.12. The lowest BCUT2D eigenvalue weighted by molar-refractivity contribution is 0.376. The first-order chi connectivity index (χ1) is 5.66. The number of H-pyrrole nitrogens is 1. The van der Waals surface area contributed by atoms with Gasteiger partial charge in [0.15, 0.2) is 0 Å². The van der Waals surface area contributed by atoms with Gasteiger partial charge in [-0.15, -0.1) is 0 Å². The summed E-state index contributed by atoms with van der Waals surface area (Å²) in [6, 6.07) is 0.0382. The molecule has 0 spiro atoms. The number of nitrogens with one attached hydrogen (secondary N) is 1. The van der Waals surface area contributed by atoms with E-state index in [0.717, 1.165) is 0 Å². The first-order valence-corrected chi connectivity index (χ1v) is 3.98. The second-order valence-corrected chi connectivity index (χ2v) is 3.12. The van der Waals surface area contributed by atoms with E-state index in [-0.39, 0.29) is 11.7 Å². The van der Waals surface area contributed by atoms with Crippen LogP contribution in [-0.2, 0) is 0 Å². The molecule has 1 aromatic rings. The molecule has 5 heteroatoms. The maximum atomic E-state index is 11.1. The van der Waals surface area contributed by atoms with Gasteiger partial charge in [-0.1, -0.05) is 13.8 Å². The Bertz CT molecular complexity index is 288. The maximum Gasteiger partial charge on any atom is 0.343 e. The fraction of sp³-hybridized carbons (Fsp3) is 0.714. The van der Waals surface area contributed by atoms with Gasteiger partial charge in [0.05, 0.1) is 6.04 Å². The highest BCUT2D eigenvalue weighted by Crippen LogP contribution is 2.12. The number of hydrogen-bond donors (Lipinski definition) is 2. The van der Waals surface area contributed by atoms with E-state index in [2.05, 4.69) is 10.2 Å². The molecule has 0 radical (unpaired) electrons. The molecule has 1 unspecified atom stereocenters. The van der Waals surface area contributed by atoms with Crippen molar-refractivity contribution in [1.29, 1.82) is 0 Å². The summed E-state index contributed by atoms with van der Waals surface area (Å²) in [4.78, 5) is 11.1. The lowest BCUT2D eigenvalue weighted by Gasteiger charge is -2.18. The normalized spacial score (nSPS) is 13.7. The number of nitrogens with zero attached hydrogens (tertiary/aromatic N) is 2. The molecule has 0 saturated heterocycles. The first-order valence-electron chi connectivity index (χ1n) is 3.98. The van der Waals surface area contributed by atoms with Gasteiger partial charge in [-0.3, -0.25) is 4.57 Å². The summed E-state index contributed by atoms with van der Waals surface area (Å²) in [7, 11) is 0. The quantitative estimate of drug-likeness (QED) is 0.655. The van der Waals surface area contributed by atoms with Crippen molar-refractivity contribution in [2.24, 2.45) is 11.7 Å². The highest BCUT2D eigenvalue weighted by molar-refractivity contribution is 4.76. The summed E-state index contributed by atoms with van der Waals surface area (Å²) < 4.78 is 1.53. The fourth-order valence-corrected chi connectivity index (χ4v) is 1.20. The molecule has 0 aliphatic rings. The van der Waals surface area contributed by atoms with E-state index in [1.54, 1.807) is 0 Å². The highest BCUT2D eigenvalue weighted by atomic mass is 16.1. The molecule has 1 heterocycles. The summed E-state index contributed by atoms with van der Waals surface area (Å²) in [6.45, 7) is 4.51. The lowest BCUT2D eigenvalue weighted by Crippen LogP contribution is -2.30. The van der Waals surface area contributed by atoms with E-state index < -0.39 is 0 Å². The van der Waals surface area contributed by atoms with Gasteiger partial charge in [0.2, 0.25) is 0 Å². The van der Waals surface area contributed by atoms with Crippen LogP contribution >= 0.6 is 0 Å². The van der Waals surface area contributed by atoms with E-state index in [1.807, 2.05) is 13.8 Å². The number of nitrogens with two attached hydrogens (primary N) is 1. The molecule has 0 bridgehead atoms. The minimum absolute atomic E-state index is 0.0382. The third-order valence-electron chi connectivity index (χ3n) is 1.95. The monoisotopic (exact) mass is 170 g/mol. The number of rotatable bonds is 3. The fourth-order valence-electron chi connectivity index (χ4n) is 1.20. The second kappa shape index (κ2) is 3.53. The van der Waals surface area contributed by atoms with Gasteiger partial charge in [-0.05, 0) is 5.92 Å². The van der Waals surface area contributed by atoms with Gasteiger partial charge in [0, 0.05) is 6.54 Å². The number of aromatic nitrogens is 3. The van der Waals surface area contributed by atoms with Crippen LogP contribution in [0.25, 0.3) is 0 Å². The van der Waals surface area contributed by atoms with Crippen molar-refractivity contribution in [2.75, 3.05) is 6.54 Å². The molecule has 0 amide bonds. The van der Waals surface area contributed by atoms with Crippen molar-refractivity contribution in [3.8, 4) is 0 Å². The Morgan fingerprint density at radius 2 is 2.42 bits per heavy atom. The molecular formula is C7H14N4O. The number of aromatic amines is 1. The number of hydrogen-bond acceptors (Lipinski definition) is 3. The summed E-state index contributed by atoms with van der Waals surface area (Å²) in [6.07, 6.45) is 1.49. The summed E-state index contributed by atoms with van der Waals surface area (Å²) in [5, 5.41) is 5.98. The molecule has 1 atom stereocenters. The van der Waals surface area contributed by atoms with E-state index in [0.29, 0.717) is 12.5 Å². The Balaban J connectivity index is 2.95. The lowest BCUT2D eigenvalue weighted by atomic mass is 10.1. The third kappa shape index (κ3) is 1.55. The van der Waals surface area contributed by atoms with Crippen LogP contribution in [0, 0.1) is 5.92 Å². The van der Waals surface area contributed by atoms with Crippen LogP contribution in [0.4, 0.5) is 0 Å². The first kappa shape index (κ1) is 8.99. The minimum Gasteiger partial charge on any atom is -0.328 e. The Morgan fingerprint density at radius 3 is 2.75 bits per heavy atom. The van der Waals surface area contributed by atoms with Gasteiger partial charge < -0.3 is 5.73 Å². The highest BCUT2D eigenvalue weighted by Gasteiger charge is 2.14. The van der Waals surface area contributed by atoms with Crippen LogP contribution in [-0.4, -0.2) is 21.3 Å². The molecule has 0 fully saturated rings. The zero-order chi connectivity index (χ0) is 9.14. The molecule has 0 saturated carbocycles.